The third-order valence-corrected chi connectivity index (χ3v) is 2.15. The van der Waals surface area contributed by atoms with E-state index in [0.717, 1.165) is 0 Å². The average molecular weight is 241 g/mol. The van der Waals surface area contributed by atoms with E-state index < -0.39 is 0 Å². The maximum absolute atomic E-state index is 5.81. The topological polar surface area (TPSA) is 22.1 Å². The van der Waals surface area contributed by atoms with Crippen LogP contribution in [0.1, 0.15) is 13.8 Å². The van der Waals surface area contributed by atoms with Gasteiger partial charge in [0, 0.05) is 0 Å². The first-order chi connectivity index (χ1) is 6.00. The second-order valence-electron chi connectivity index (χ2n) is 2.71. The Morgan fingerprint density at radius 3 is 2.38 bits per heavy atom. The first kappa shape index (κ1) is 10.9. The van der Waals surface area contributed by atoms with Crippen molar-refractivity contribution in [3.05, 3.63) is 21.3 Å². The Bertz CT molecular complexity index is 315. The molecule has 1 rings (SSSR count). The fourth-order valence-electron chi connectivity index (χ4n) is 0.734. The zero-order valence-corrected chi connectivity index (χ0v) is 9.41. The van der Waals surface area contributed by atoms with Crippen molar-refractivity contribution < 1.29 is 4.74 Å². The normalized spacial score (nSPS) is 10.6. The monoisotopic (exact) mass is 239 g/mol. The second-order valence-corrected chi connectivity index (χ2v) is 3.89. The lowest BCUT2D eigenvalue weighted by Gasteiger charge is -2.10. The summed E-state index contributed by atoms with van der Waals surface area (Å²) in [5.41, 5.74) is 0. The van der Waals surface area contributed by atoms with Gasteiger partial charge in [-0.05, 0) is 19.9 Å². The highest BCUT2D eigenvalue weighted by Gasteiger charge is 2.09. The van der Waals surface area contributed by atoms with E-state index >= 15 is 0 Å². The van der Waals surface area contributed by atoms with Crippen molar-refractivity contribution in [2.75, 3.05) is 0 Å². The van der Waals surface area contributed by atoms with E-state index in [9.17, 15) is 0 Å². The van der Waals surface area contributed by atoms with Crippen molar-refractivity contribution in [2.45, 2.75) is 20.0 Å². The summed E-state index contributed by atoms with van der Waals surface area (Å²) >= 11 is 17.2. The molecule has 1 aromatic rings. The van der Waals surface area contributed by atoms with E-state index in [1.165, 1.54) is 6.07 Å². The lowest BCUT2D eigenvalue weighted by atomic mass is 10.4. The Kier molecular flexibility index (Phi) is 3.65. The Balaban J connectivity index is 3.01. The lowest BCUT2D eigenvalue weighted by Crippen LogP contribution is -2.07. The number of ether oxygens (including phenoxy) is 1. The second kappa shape index (κ2) is 4.36. The molecule has 1 heterocycles. The number of aromatic nitrogens is 1. The van der Waals surface area contributed by atoms with Crippen LogP contribution in [0.25, 0.3) is 0 Å². The van der Waals surface area contributed by atoms with Crippen molar-refractivity contribution in [1.29, 1.82) is 0 Å². The van der Waals surface area contributed by atoms with Gasteiger partial charge in [0.25, 0.3) is 0 Å². The highest BCUT2D eigenvalue weighted by Crippen LogP contribution is 2.30. The van der Waals surface area contributed by atoms with Crippen LogP contribution in [0.4, 0.5) is 0 Å². The summed E-state index contributed by atoms with van der Waals surface area (Å²) in [6, 6.07) is 1.51. The van der Waals surface area contributed by atoms with Crippen LogP contribution in [0.5, 0.6) is 5.88 Å². The predicted octanol–water partition coefficient (Wildman–Crippen LogP) is 3.83. The Morgan fingerprint density at radius 1 is 1.23 bits per heavy atom. The van der Waals surface area contributed by atoms with E-state index in [4.69, 9.17) is 39.5 Å². The van der Waals surface area contributed by atoms with Crippen molar-refractivity contribution in [1.82, 2.24) is 4.98 Å². The molecule has 0 fully saturated rings. The van der Waals surface area contributed by atoms with Crippen molar-refractivity contribution in [3.8, 4) is 5.88 Å². The number of hydrogen-bond acceptors (Lipinski definition) is 2. The molecule has 0 saturated carbocycles. The third-order valence-electron chi connectivity index (χ3n) is 1.20. The molecule has 13 heavy (non-hydrogen) atoms. The molecule has 0 amide bonds. The largest absolute Gasteiger partial charge is 0.474 e. The SMILES string of the molecule is CC(C)Oc1nc(Cl)c(Cl)cc1Cl. The molecule has 0 saturated heterocycles. The van der Waals surface area contributed by atoms with E-state index in [2.05, 4.69) is 4.98 Å². The van der Waals surface area contributed by atoms with Crippen LogP contribution in [-0.4, -0.2) is 11.1 Å². The molecule has 0 radical (unpaired) electrons. The first-order valence-corrected chi connectivity index (χ1v) is 4.82. The van der Waals surface area contributed by atoms with Crippen molar-refractivity contribution in [3.63, 3.8) is 0 Å². The molecule has 0 aliphatic carbocycles. The van der Waals surface area contributed by atoms with Crippen LogP contribution in [0, 0.1) is 0 Å². The van der Waals surface area contributed by atoms with Crippen molar-refractivity contribution in [2.24, 2.45) is 0 Å². The Morgan fingerprint density at radius 2 is 1.85 bits per heavy atom. The lowest BCUT2D eigenvalue weighted by molar-refractivity contribution is 0.233. The fraction of sp³-hybridized carbons (Fsp3) is 0.375. The van der Waals surface area contributed by atoms with Crippen LogP contribution in [0.15, 0.2) is 6.07 Å². The Labute approximate surface area is 91.8 Å². The highest BCUT2D eigenvalue weighted by atomic mass is 35.5. The zero-order chi connectivity index (χ0) is 10.0. The summed E-state index contributed by atoms with van der Waals surface area (Å²) < 4.78 is 5.29. The molecule has 0 aliphatic heterocycles. The summed E-state index contributed by atoms with van der Waals surface area (Å²) in [6.45, 7) is 3.75. The summed E-state index contributed by atoms with van der Waals surface area (Å²) in [6.07, 6.45) is 0.00208. The molecule has 0 aliphatic rings. The minimum atomic E-state index is 0.00208. The fourth-order valence-corrected chi connectivity index (χ4v) is 1.27. The van der Waals surface area contributed by atoms with Gasteiger partial charge in [0.05, 0.1) is 11.1 Å². The van der Waals surface area contributed by atoms with Gasteiger partial charge in [0.15, 0.2) is 5.15 Å². The summed E-state index contributed by atoms with van der Waals surface area (Å²) in [7, 11) is 0. The molecule has 2 nitrogen and oxygen atoms in total. The summed E-state index contributed by atoms with van der Waals surface area (Å²) in [5, 5.41) is 0.882. The third kappa shape index (κ3) is 2.90. The maximum Gasteiger partial charge on any atom is 0.234 e. The number of hydrogen-bond donors (Lipinski definition) is 0. The highest BCUT2D eigenvalue weighted by molar-refractivity contribution is 6.42. The van der Waals surface area contributed by atoms with Crippen LogP contribution in [0.3, 0.4) is 0 Å². The van der Waals surface area contributed by atoms with E-state index in [0.29, 0.717) is 15.9 Å². The van der Waals surface area contributed by atoms with Crippen LogP contribution in [-0.2, 0) is 0 Å². The van der Waals surface area contributed by atoms with Gasteiger partial charge in [-0.1, -0.05) is 34.8 Å². The number of pyridine rings is 1. The van der Waals surface area contributed by atoms with E-state index in [1.807, 2.05) is 13.8 Å². The molecule has 0 atom stereocenters. The van der Waals surface area contributed by atoms with Gasteiger partial charge in [-0.15, -0.1) is 0 Å². The smallest absolute Gasteiger partial charge is 0.234 e. The standard InChI is InChI=1S/C8H8Cl3NO/c1-4(2)13-8-6(10)3-5(9)7(11)12-8/h3-4H,1-2H3. The van der Waals surface area contributed by atoms with Gasteiger partial charge in [-0.25, -0.2) is 0 Å². The first-order valence-electron chi connectivity index (χ1n) is 3.69. The minimum Gasteiger partial charge on any atom is -0.474 e. The molecule has 5 heteroatoms. The maximum atomic E-state index is 5.81. The quantitative estimate of drug-likeness (QED) is 0.733. The molecule has 72 valence electrons. The molecule has 0 bridgehead atoms. The van der Waals surface area contributed by atoms with Gasteiger partial charge in [0.2, 0.25) is 5.88 Å². The molecule has 0 unspecified atom stereocenters. The van der Waals surface area contributed by atoms with Gasteiger partial charge < -0.3 is 4.74 Å². The zero-order valence-electron chi connectivity index (χ0n) is 7.14. The van der Waals surface area contributed by atoms with Crippen LogP contribution in [0.2, 0.25) is 15.2 Å². The number of nitrogens with zero attached hydrogens (tertiary/aromatic N) is 1. The molecule has 0 N–H and O–H groups in total. The van der Waals surface area contributed by atoms with Crippen LogP contribution >= 0.6 is 34.8 Å². The molecule has 0 spiro atoms. The number of rotatable bonds is 2. The van der Waals surface area contributed by atoms with Gasteiger partial charge >= 0.3 is 0 Å². The predicted molar refractivity (Wildman–Crippen MR) is 55.0 cm³/mol. The average Bonchev–Trinajstić information content (AvgIpc) is 1.99. The molecular formula is C8H8Cl3NO. The van der Waals surface area contributed by atoms with E-state index in [1.54, 1.807) is 0 Å². The number of halogens is 3. The molecular weight excluding hydrogens is 232 g/mol. The summed E-state index contributed by atoms with van der Waals surface area (Å²) in [5.74, 6) is 0.311. The van der Waals surface area contributed by atoms with E-state index in [-0.39, 0.29) is 11.3 Å². The molecule has 1 aromatic heterocycles. The van der Waals surface area contributed by atoms with Gasteiger partial charge in [-0.2, -0.15) is 4.98 Å². The van der Waals surface area contributed by atoms with Crippen molar-refractivity contribution >= 4 is 34.8 Å². The molecule has 0 aromatic carbocycles. The van der Waals surface area contributed by atoms with Crippen LogP contribution < -0.4 is 4.74 Å². The minimum absolute atomic E-state index is 0.00208. The summed E-state index contributed by atoms with van der Waals surface area (Å²) in [4.78, 5) is 3.89. The van der Waals surface area contributed by atoms with Gasteiger partial charge in [0.1, 0.15) is 5.02 Å². The van der Waals surface area contributed by atoms with Gasteiger partial charge in [-0.3, -0.25) is 0 Å². The Hall–Kier alpha value is -0.180.